The van der Waals surface area contributed by atoms with Gasteiger partial charge in [-0.1, -0.05) is 79.7 Å². The second kappa shape index (κ2) is 34.4. The summed E-state index contributed by atoms with van der Waals surface area (Å²) in [6, 6.07) is 67.8. The largest absolute Gasteiger partial charge is 0.353 e. The number of hydrogen-bond donors (Lipinski definition) is 13. The van der Waals surface area contributed by atoms with Crippen molar-refractivity contribution in [3.8, 4) is 11.1 Å². The molecule has 122 heavy (non-hydrogen) atoms. The molecule has 14 N–H and O–H groups in total. The normalized spacial score (nSPS) is 12.8. The number of nitrogens with one attached hydrogen (secondary N) is 12. The number of nitrogens with zero attached hydrogens (tertiary/aromatic N) is 14. The Bertz CT molecular complexity index is 7450. The third-order valence-electron chi connectivity index (χ3n) is 20.4. The molecule has 0 aliphatic carbocycles. The van der Waals surface area contributed by atoms with Crippen LogP contribution in [0.15, 0.2) is 257 Å². The number of aryl methyl sites for hydroxylation is 1. The van der Waals surface area contributed by atoms with Crippen molar-refractivity contribution in [2.75, 3.05) is 62.2 Å². The summed E-state index contributed by atoms with van der Waals surface area (Å²) in [7, 11) is -3.71. The molecule has 0 spiro atoms. The molecule has 0 amide bonds. The third-order valence-corrected chi connectivity index (χ3v) is 25.0. The van der Waals surface area contributed by atoms with Crippen LogP contribution in [-0.4, -0.2) is 125 Å². The smallest absolute Gasteiger partial charge is 0.238 e. The summed E-state index contributed by atoms with van der Waals surface area (Å²) in [5.41, 5.74) is 18.3. The van der Waals surface area contributed by atoms with Crippen molar-refractivity contribution in [3.05, 3.63) is 264 Å². The zero-order chi connectivity index (χ0) is 82.5. The van der Waals surface area contributed by atoms with Gasteiger partial charge in [0.15, 0.2) is 23.3 Å². The maximum Gasteiger partial charge on any atom is 0.238 e. The summed E-state index contributed by atoms with van der Waals surface area (Å²) in [5.74, 6) is 5.31. The standard InChI is InChI=1S/C25H18N6S.C23H17N7S.C20H17N7O2S2.C20H23N7S/c1-2-5-16(6-3-1)17-7-4-8-19(13-17)28-25-29-22-11-12-32-23(22)24(30-25)27-20-9-10-21-18(14-20)15-26-31-21;1-13-10-20(16-4-2-3-5-18(16)25-13)28-23-27-19-8-9-31-21(19)22(29-23)26-15-6-7-17-14(11-15)12-24-30-17;21-31(28,29)15-4-1-12(2-5-15)10-22-20-25-17-7-8-30-18(17)19(26-20)24-14-3-6-16-13(9-14)11-23-27-16;1-2-27-8-3-4-15(27)12-21-20-24-17-7-9-28-18(17)19(25-20)23-14-5-6-16-13(10-14)11-22-26-16/h1-15H,(H,26,31)(H2,27,28,29,30);2-12H,1H3,(H,24,30)(H2,25,26,27,28,29);1-9,11H,10H2,(H,23,27)(H2,21,28,29)(H2,22,24,25,26);5-7,9-11,15H,2-4,8,12H2,1H3,(H,22,26)(H2,21,23,24,25). The number of anilines is 14. The fourth-order valence-electron chi connectivity index (χ4n) is 14.5. The number of rotatable bonds is 21. The van der Waals surface area contributed by atoms with Gasteiger partial charge in [0.2, 0.25) is 33.8 Å². The third kappa shape index (κ3) is 17.5. The number of hydrogen-bond acceptors (Lipinski definition) is 28. The minimum atomic E-state index is -3.71. The minimum absolute atomic E-state index is 0.0771. The summed E-state index contributed by atoms with van der Waals surface area (Å²) in [5, 5.41) is 73.8. The van der Waals surface area contributed by atoms with Crippen LogP contribution in [0.4, 0.5) is 81.2 Å². The Balaban J connectivity index is 0.000000107. The fraction of sp³-hybridized carbons (Fsp3) is 0.102. The predicted molar refractivity (Wildman–Crippen MR) is 496 cm³/mol. The van der Waals surface area contributed by atoms with Crippen molar-refractivity contribution in [2.24, 2.45) is 5.14 Å². The van der Waals surface area contributed by atoms with Crippen LogP contribution < -0.4 is 47.7 Å². The van der Waals surface area contributed by atoms with Gasteiger partial charge in [-0.3, -0.25) is 30.3 Å². The number of fused-ring (bicyclic) bond motifs is 9. The van der Waals surface area contributed by atoms with Crippen LogP contribution in [-0.2, 0) is 16.6 Å². The topological polar surface area (TPSA) is 390 Å². The molecule has 21 aromatic rings. The zero-order valence-electron chi connectivity index (χ0n) is 65.3. The SMILES string of the molecule is CCN1CCCC1CNc1nc(Nc2ccc3[nH]ncc3c2)c2sccc2n1.Cc1cc(Nc2nc(Nc3ccc4[nH]ncc4c3)c3sccc3n2)c2ccccc2n1.NS(=O)(=O)c1ccc(CNc2nc(Nc3ccc4[nH]ncc4c3)c3sccc3n2)cc1.c1ccc(-c2cccc(Nc3nc(Nc4ccc5[nH]ncc5c4)c4sccc4n3)c2)cc1. The average Bonchev–Trinajstić information content (AvgIpc) is 1.70. The maximum atomic E-state index is 11.4. The Hall–Kier alpha value is -14.5. The highest BCUT2D eigenvalue weighted by Gasteiger charge is 2.24. The number of likely N-dealkylation sites (N-methyl/N-ethyl adjacent to an activating group) is 1. The summed E-state index contributed by atoms with van der Waals surface area (Å²) >= 11 is 6.45. The van der Waals surface area contributed by atoms with Crippen molar-refractivity contribution >= 4 is 232 Å². The van der Waals surface area contributed by atoms with Crippen LogP contribution in [0.3, 0.4) is 0 Å². The van der Waals surface area contributed by atoms with E-state index in [0.717, 1.165) is 177 Å². The molecule has 0 saturated carbocycles. The van der Waals surface area contributed by atoms with Crippen molar-refractivity contribution in [1.29, 1.82) is 0 Å². The molecular formula is C88H75N27O2S5. The first kappa shape index (κ1) is 77.4. The predicted octanol–water partition coefficient (Wildman–Crippen LogP) is 20.4. The molecule has 1 atom stereocenters. The van der Waals surface area contributed by atoms with Gasteiger partial charge in [0.25, 0.3) is 0 Å². The lowest BCUT2D eigenvalue weighted by molar-refractivity contribution is 0.277. The van der Waals surface area contributed by atoms with E-state index in [4.69, 9.17) is 35.0 Å². The number of aromatic nitrogens is 17. The molecule has 8 aromatic carbocycles. The Morgan fingerprint density at radius 3 is 1.34 bits per heavy atom. The van der Waals surface area contributed by atoms with E-state index in [2.05, 4.69) is 152 Å². The highest BCUT2D eigenvalue weighted by atomic mass is 32.2. The van der Waals surface area contributed by atoms with E-state index in [0.29, 0.717) is 42.2 Å². The fourth-order valence-corrected chi connectivity index (χ4v) is 18.1. The molecule has 1 aliphatic heterocycles. The lowest BCUT2D eigenvalue weighted by Gasteiger charge is -2.23. The first-order valence-corrected chi connectivity index (χ1v) is 44.1. The first-order valence-electron chi connectivity index (χ1n) is 39.0. The Labute approximate surface area is 712 Å². The van der Waals surface area contributed by atoms with E-state index in [-0.39, 0.29) is 4.90 Å². The van der Waals surface area contributed by atoms with Gasteiger partial charge in [0.05, 0.1) is 104 Å². The van der Waals surface area contributed by atoms with Crippen LogP contribution in [0.5, 0.6) is 0 Å². The maximum absolute atomic E-state index is 11.4. The monoisotopic (exact) mass is 1700 g/mol. The zero-order valence-corrected chi connectivity index (χ0v) is 69.3. The van der Waals surface area contributed by atoms with E-state index in [1.54, 1.807) is 63.7 Å². The number of pyridine rings is 1. The molecule has 13 aromatic heterocycles. The first-order chi connectivity index (χ1) is 59.8. The Kier molecular flexibility index (Phi) is 21.8. The molecule has 1 aliphatic rings. The van der Waals surface area contributed by atoms with Crippen molar-refractivity contribution in [1.82, 2.24) is 90.5 Å². The van der Waals surface area contributed by atoms with E-state index in [9.17, 15) is 8.42 Å². The van der Waals surface area contributed by atoms with Crippen molar-refractivity contribution < 1.29 is 8.42 Å². The number of thiophene rings is 4. The van der Waals surface area contributed by atoms with Crippen LogP contribution in [0.25, 0.3) is 107 Å². The molecule has 22 rings (SSSR count). The lowest BCUT2D eigenvalue weighted by Crippen LogP contribution is -2.34. The number of para-hydroxylation sites is 1. The quantitative estimate of drug-likeness (QED) is 0.0318. The highest BCUT2D eigenvalue weighted by molar-refractivity contribution is 7.89. The number of primary sulfonamides is 1. The van der Waals surface area contributed by atoms with Crippen LogP contribution in [0.2, 0.25) is 0 Å². The van der Waals surface area contributed by atoms with E-state index >= 15 is 0 Å². The molecule has 1 saturated heterocycles. The lowest BCUT2D eigenvalue weighted by atomic mass is 10.1. The van der Waals surface area contributed by atoms with Crippen LogP contribution >= 0.6 is 45.3 Å². The van der Waals surface area contributed by atoms with Gasteiger partial charge >= 0.3 is 0 Å². The molecule has 29 nitrogen and oxygen atoms in total. The Morgan fingerprint density at radius 2 is 0.852 bits per heavy atom. The van der Waals surface area contributed by atoms with Gasteiger partial charge in [-0.2, -0.15) is 40.3 Å². The molecule has 34 heteroatoms. The molecule has 1 unspecified atom stereocenters. The van der Waals surface area contributed by atoms with Gasteiger partial charge in [-0.05, 0) is 205 Å². The van der Waals surface area contributed by atoms with Crippen LogP contribution in [0.1, 0.15) is 31.0 Å². The highest BCUT2D eigenvalue weighted by Crippen LogP contribution is 2.38. The van der Waals surface area contributed by atoms with E-state index < -0.39 is 10.0 Å². The Morgan fingerprint density at radius 1 is 0.418 bits per heavy atom. The number of sulfonamides is 1. The second-order valence-corrected chi connectivity index (χ2v) is 33.9. The molecule has 14 heterocycles. The van der Waals surface area contributed by atoms with Crippen molar-refractivity contribution in [2.45, 2.75) is 44.2 Å². The summed E-state index contributed by atoms with van der Waals surface area (Å²) in [6.07, 6.45) is 9.73. The molecule has 604 valence electrons. The molecule has 0 radical (unpaired) electrons. The number of H-pyrrole nitrogens is 4. The van der Waals surface area contributed by atoms with Gasteiger partial charge in [0.1, 0.15) is 0 Å². The van der Waals surface area contributed by atoms with Gasteiger partial charge in [-0.15, -0.1) is 45.3 Å². The molecular weight excluding hydrogens is 1630 g/mol. The average molecular weight is 1700 g/mol. The number of aromatic amines is 4. The van der Waals surface area contributed by atoms with E-state index in [1.807, 2.05) is 187 Å². The molecule has 1 fully saturated rings. The summed E-state index contributed by atoms with van der Waals surface area (Å²) in [4.78, 5) is 44.9. The van der Waals surface area contributed by atoms with Gasteiger partial charge in [-0.25, -0.2) is 33.5 Å². The van der Waals surface area contributed by atoms with Gasteiger partial charge in [0, 0.05) is 80.2 Å². The summed E-state index contributed by atoms with van der Waals surface area (Å²) in [6.45, 7) is 7.81. The van der Waals surface area contributed by atoms with E-state index in [1.165, 1.54) is 37.1 Å². The van der Waals surface area contributed by atoms with Gasteiger partial charge < -0.3 is 42.5 Å². The number of nitrogens with two attached hydrogens (primary N) is 1. The van der Waals surface area contributed by atoms with Crippen molar-refractivity contribution in [3.63, 3.8) is 0 Å². The summed E-state index contributed by atoms with van der Waals surface area (Å²) < 4.78 is 26.8. The number of benzene rings is 8. The second-order valence-electron chi connectivity index (χ2n) is 28.7. The van der Waals surface area contributed by atoms with Crippen LogP contribution in [0, 0.1) is 6.92 Å². The molecule has 0 bridgehead atoms. The minimum Gasteiger partial charge on any atom is -0.353 e. The number of likely N-dealkylation sites (tertiary alicyclic amines) is 1.